The van der Waals surface area contributed by atoms with E-state index in [1.54, 1.807) is 0 Å². The Morgan fingerprint density at radius 3 is 2.57 bits per heavy atom. The van der Waals surface area contributed by atoms with Gasteiger partial charge in [0.2, 0.25) is 0 Å². The van der Waals surface area contributed by atoms with Crippen molar-refractivity contribution in [2.45, 2.75) is 25.0 Å². The van der Waals surface area contributed by atoms with Crippen LogP contribution in [0.5, 0.6) is 0 Å². The molecule has 1 fully saturated rings. The lowest BCUT2D eigenvalue weighted by atomic mass is 10.1. The molecule has 0 spiro atoms. The number of rotatable bonds is 2. The minimum absolute atomic E-state index is 0.248. The summed E-state index contributed by atoms with van der Waals surface area (Å²) in [4.78, 5) is 21.4. The van der Waals surface area contributed by atoms with E-state index in [1.165, 1.54) is 7.11 Å². The highest BCUT2D eigenvalue weighted by atomic mass is 16.5. The average molecular weight is 203 g/mol. The Bertz CT molecular complexity index is 242. The molecule has 6 nitrogen and oxygen atoms in total. The Labute approximate surface area is 80.9 Å². The zero-order valence-corrected chi connectivity index (χ0v) is 7.77. The van der Waals surface area contributed by atoms with Crippen LogP contribution < -0.4 is 5.32 Å². The van der Waals surface area contributed by atoms with Gasteiger partial charge in [-0.1, -0.05) is 0 Å². The number of carbonyl (C=O) groups excluding carboxylic acids is 1. The molecule has 3 N–H and O–H groups in total. The number of carbonyl (C=O) groups is 2. The monoisotopic (exact) mass is 203 g/mol. The van der Waals surface area contributed by atoms with Crippen molar-refractivity contribution in [1.29, 1.82) is 0 Å². The molecule has 1 aliphatic rings. The number of methoxy groups -OCH3 is 1. The highest BCUT2D eigenvalue weighted by molar-refractivity contribution is 5.73. The molecule has 6 heteroatoms. The maximum absolute atomic E-state index is 11.1. The summed E-state index contributed by atoms with van der Waals surface area (Å²) in [6, 6.07) is -0.573. The van der Waals surface area contributed by atoms with E-state index >= 15 is 0 Å². The lowest BCUT2D eigenvalue weighted by molar-refractivity contribution is -0.145. The summed E-state index contributed by atoms with van der Waals surface area (Å²) in [5.41, 5.74) is 0. The van der Waals surface area contributed by atoms with E-state index in [9.17, 15) is 14.7 Å². The van der Waals surface area contributed by atoms with Crippen LogP contribution in [0.2, 0.25) is 0 Å². The Balaban J connectivity index is 2.51. The Morgan fingerprint density at radius 1 is 1.43 bits per heavy atom. The van der Waals surface area contributed by atoms with Crippen LogP contribution in [-0.4, -0.2) is 41.5 Å². The molecule has 0 heterocycles. The van der Waals surface area contributed by atoms with Crippen molar-refractivity contribution in [3.8, 4) is 0 Å². The Kier molecular flexibility index (Phi) is 3.29. The summed E-state index contributed by atoms with van der Waals surface area (Å²) >= 11 is 0. The molecule has 2 unspecified atom stereocenters. The van der Waals surface area contributed by atoms with Crippen molar-refractivity contribution < 1.29 is 24.5 Å². The maximum atomic E-state index is 11.1. The molecule has 80 valence electrons. The first-order valence-electron chi connectivity index (χ1n) is 4.30. The van der Waals surface area contributed by atoms with Gasteiger partial charge in [-0.05, 0) is 12.8 Å². The first-order valence-corrected chi connectivity index (χ1v) is 4.30. The number of aliphatic hydroxyl groups is 1. The predicted molar refractivity (Wildman–Crippen MR) is 45.7 cm³/mol. The van der Waals surface area contributed by atoms with E-state index in [0.29, 0.717) is 6.42 Å². The number of aliphatic hydroxyl groups excluding tert-OH is 1. The van der Waals surface area contributed by atoms with Gasteiger partial charge in [0.05, 0.1) is 25.2 Å². The summed E-state index contributed by atoms with van der Waals surface area (Å²) in [6.07, 6.45) is -1.47. The molecule has 0 saturated heterocycles. The fourth-order valence-corrected chi connectivity index (χ4v) is 1.69. The lowest BCUT2D eigenvalue weighted by Gasteiger charge is -2.12. The van der Waals surface area contributed by atoms with Gasteiger partial charge in [-0.2, -0.15) is 0 Å². The van der Waals surface area contributed by atoms with Crippen LogP contribution in [0.25, 0.3) is 0 Å². The molecule has 14 heavy (non-hydrogen) atoms. The summed E-state index contributed by atoms with van der Waals surface area (Å²) in [6.45, 7) is 0. The van der Waals surface area contributed by atoms with Gasteiger partial charge < -0.3 is 20.3 Å². The molecular weight excluding hydrogens is 190 g/mol. The largest absolute Gasteiger partial charge is 0.469 e. The number of amides is 1. The molecule has 0 aromatic rings. The van der Waals surface area contributed by atoms with Gasteiger partial charge in [0, 0.05) is 0 Å². The third-order valence-corrected chi connectivity index (χ3v) is 2.37. The fourth-order valence-electron chi connectivity index (χ4n) is 1.69. The number of nitrogens with one attached hydrogen (secondary N) is 1. The van der Waals surface area contributed by atoms with Crippen LogP contribution in [0.3, 0.4) is 0 Å². The first kappa shape index (κ1) is 10.8. The highest BCUT2D eigenvalue weighted by Gasteiger charge is 2.38. The van der Waals surface area contributed by atoms with Crippen molar-refractivity contribution in [1.82, 2.24) is 5.32 Å². The van der Waals surface area contributed by atoms with E-state index in [4.69, 9.17) is 5.11 Å². The number of esters is 1. The smallest absolute Gasteiger partial charge is 0.404 e. The van der Waals surface area contributed by atoms with E-state index in [-0.39, 0.29) is 6.42 Å². The van der Waals surface area contributed by atoms with Crippen molar-refractivity contribution in [2.75, 3.05) is 7.11 Å². The van der Waals surface area contributed by atoms with Crippen LogP contribution in [0.1, 0.15) is 12.8 Å². The maximum Gasteiger partial charge on any atom is 0.404 e. The second-order valence-electron chi connectivity index (χ2n) is 3.31. The first-order chi connectivity index (χ1) is 6.54. The van der Waals surface area contributed by atoms with Crippen LogP contribution in [0.15, 0.2) is 0 Å². The van der Waals surface area contributed by atoms with E-state index in [0.717, 1.165) is 0 Å². The summed E-state index contributed by atoms with van der Waals surface area (Å²) < 4.78 is 4.51. The molecule has 1 saturated carbocycles. The van der Waals surface area contributed by atoms with E-state index in [1.807, 2.05) is 0 Å². The molecule has 0 aromatic carbocycles. The third-order valence-electron chi connectivity index (χ3n) is 2.37. The fraction of sp³-hybridized carbons (Fsp3) is 0.750. The molecule has 1 aliphatic carbocycles. The third kappa shape index (κ3) is 2.35. The van der Waals surface area contributed by atoms with Crippen LogP contribution in [0, 0.1) is 5.92 Å². The van der Waals surface area contributed by atoms with E-state index in [2.05, 4.69) is 10.1 Å². The van der Waals surface area contributed by atoms with Crippen molar-refractivity contribution in [3.05, 3.63) is 0 Å². The molecule has 0 aliphatic heterocycles. The zero-order valence-electron chi connectivity index (χ0n) is 7.77. The van der Waals surface area contributed by atoms with Crippen molar-refractivity contribution >= 4 is 12.1 Å². The number of ether oxygens (including phenoxy) is 1. The quantitative estimate of drug-likeness (QED) is 0.529. The summed E-state index contributed by atoms with van der Waals surface area (Å²) in [5, 5.41) is 20.0. The van der Waals surface area contributed by atoms with Gasteiger partial charge in [0.25, 0.3) is 0 Å². The standard InChI is InChI=1S/C8H13NO5/c1-14-7(11)4-2-5(6(10)3-4)9-8(12)13/h4-6,9-10H,2-3H2,1H3,(H,12,13)/t4-,5?,6?/m0/s1. The van der Waals surface area contributed by atoms with Gasteiger partial charge in [0.1, 0.15) is 0 Å². The van der Waals surface area contributed by atoms with Gasteiger partial charge in [-0.15, -0.1) is 0 Å². The molecular formula is C8H13NO5. The van der Waals surface area contributed by atoms with Crippen LogP contribution in [0.4, 0.5) is 4.79 Å². The Hall–Kier alpha value is -1.30. The van der Waals surface area contributed by atoms with Crippen LogP contribution in [-0.2, 0) is 9.53 Å². The molecule has 0 bridgehead atoms. The van der Waals surface area contributed by atoms with Gasteiger partial charge in [-0.3, -0.25) is 4.79 Å². The molecule has 1 rings (SSSR count). The summed E-state index contributed by atoms with van der Waals surface area (Å²) in [7, 11) is 1.27. The van der Waals surface area contributed by atoms with Gasteiger partial charge in [-0.25, -0.2) is 4.79 Å². The average Bonchev–Trinajstić information content (AvgIpc) is 2.46. The van der Waals surface area contributed by atoms with Crippen molar-refractivity contribution in [3.63, 3.8) is 0 Å². The van der Waals surface area contributed by atoms with Crippen molar-refractivity contribution in [2.24, 2.45) is 5.92 Å². The number of carboxylic acid groups (broad SMARTS) is 1. The van der Waals surface area contributed by atoms with E-state index < -0.39 is 30.1 Å². The molecule has 1 amide bonds. The second-order valence-corrected chi connectivity index (χ2v) is 3.31. The SMILES string of the molecule is COC(=O)[C@@H]1CC(O)C(NC(=O)O)C1. The zero-order chi connectivity index (χ0) is 10.7. The molecule has 0 aromatic heterocycles. The van der Waals surface area contributed by atoms with Gasteiger partial charge in [0.15, 0.2) is 0 Å². The summed E-state index contributed by atoms with van der Waals surface area (Å²) in [5.74, 6) is -0.814. The number of hydrogen-bond acceptors (Lipinski definition) is 4. The topological polar surface area (TPSA) is 95.9 Å². The lowest BCUT2D eigenvalue weighted by Crippen LogP contribution is -2.39. The Morgan fingerprint density at radius 2 is 2.07 bits per heavy atom. The molecule has 0 radical (unpaired) electrons. The minimum Gasteiger partial charge on any atom is -0.469 e. The van der Waals surface area contributed by atoms with Crippen LogP contribution >= 0.6 is 0 Å². The normalized spacial score (nSPS) is 31.1. The van der Waals surface area contributed by atoms with Gasteiger partial charge >= 0.3 is 12.1 Å². The number of hydrogen-bond donors (Lipinski definition) is 3. The highest BCUT2D eigenvalue weighted by Crippen LogP contribution is 2.26. The second kappa shape index (κ2) is 4.28. The predicted octanol–water partition coefficient (Wildman–Crippen LogP) is -0.434. The molecule has 3 atom stereocenters. The minimum atomic E-state index is -1.19.